The van der Waals surface area contributed by atoms with Gasteiger partial charge in [-0.2, -0.15) is 0 Å². The highest BCUT2D eigenvalue weighted by Crippen LogP contribution is 2.27. The maximum Gasteiger partial charge on any atom is 0.0964 e. The van der Waals surface area contributed by atoms with Crippen molar-refractivity contribution in [2.24, 2.45) is 5.92 Å². The molecule has 0 saturated heterocycles. The fraction of sp³-hybridized carbons (Fsp3) is 0.867. The van der Waals surface area contributed by atoms with Crippen LogP contribution in [-0.2, 0) is 13.1 Å². The lowest BCUT2D eigenvalue weighted by molar-refractivity contribution is 0.222. The van der Waals surface area contributed by atoms with Gasteiger partial charge in [0.15, 0.2) is 0 Å². The Bertz CT molecular complexity index is 420. The third-order valence-corrected chi connectivity index (χ3v) is 4.01. The summed E-state index contributed by atoms with van der Waals surface area (Å²) in [5.74, 6) is 0.740. The summed E-state index contributed by atoms with van der Waals surface area (Å²) in [6.07, 6.45) is 7.48. The van der Waals surface area contributed by atoms with Gasteiger partial charge in [-0.25, -0.2) is 0 Å². The molecule has 0 aliphatic heterocycles. The fourth-order valence-corrected chi connectivity index (χ4v) is 2.63. The molecule has 3 rings (SSSR count). The molecule has 1 aromatic heterocycles. The summed E-state index contributed by atoms with van der Waals surface area (Å²) >= 11 is 0. The number of rotatable bonds is 9. The monoisotopic (exact) mass is 277 g/mol. The molecule has 1 N–H and O–H groups in total. The van der Waals surface area contributed by atoms with Crippen LogP contribution in [0.5, 0.6) is 0 Å². The van der Waals surface area contributed by atoms with Crippen molar-refractivity contribution in [1.82, 2.24) is 25.2 Å². The smallest absolute Gasteiger partial charge is 0.0964 e. The average molecular weight is 277 g/mol. The van der Waals surface area contributed by atoms with Crippen molar-refractivity contribution in [1.29, 1.82) is 0 Å². The largest absolute Gasteiger partial charge is 0.308 e. The minimum Gasteiger partial charge on any atom is -0.308 e. The predicted molar refractivity (Wildman–Crippen MR) is 79.3 cm³/mol. The van der Waals surface area contributed by atoms with Crippen LogP contribution in [-0.4, -0.2) is 45.1 Å². The van der Waals surface area contributed by atoms with Gasteiger partial charge in [-0.1, -0.05) is 19.1 Å². The second-order valence-electron chi connectivity index (χ2n) is 6.75. The Labute approximate surface area is 121 Å². The number of nitrogens with zero attached hydrogens (tertiary/aromatic N) is 4. The third-order valence-electron chi connectivity index (χ3n) is 4.01. The minimum absolute atomic E-state index is 0.733. The molecule has 1 heterocycles. The summed E-state index contributed by atoms with van der Waals surface area (Å²) in [6.45, 7) is 8.72. The predicted octanol–water partition coefficient (Wildman–Crippen LogP) is 1.65. The standard InChI is InChI=1S/C15H27N5/c1-12(2)10-19(15-5-6-15)7-8-20-11-14(17-18-20)9-16-13-3-4-13/h11-13,15-16H,3-10H2,1-2H3. The van der Waals surface area contributed by atoms with Crippen molar-refractivity contribution < 1.29 is 0 Å². The molecular weight excluding hydrogens is 250 g/mol. The summed E-state index contributed by atoms with van der Waals surface area (Å²) in [6, 6.07) is 1.56. The zero-order valence-corrected chi connectivity index (χ0v) is 12.8. The Morgan fingerprint density at radius 2 is 2.15 bits per heavy atom. The Kier molecular flexibility index (Phi) is 4.36. The van der Waals surface area contributed by atoms with Gasteiger partial charge < -0.3 is 5.32 Å². The van der Waals surface area contributed by atoms with Crippen LogP contribution >= 0.6 is 0 Å². The molecule has 20 heavy (non-hydrogen) atoms. The second-order valence-corrected chi connectivity index (χ2v) is 6.75. The maximum absolute atomic E-state index is 4.25. The van der Waals surface area contributed by atoms with Crippen LogP contribution in [0.4, 0.5) is 0 Å². The Morgan fingerprint density at radius 1 is 1.35 bits per heavy atom. The molecule has 0 bridgehead atoms. The first-order valence-corrected chi connectivity index (χ1v) is 8.07. The van der Waals surface area contributed by atoms with Gasteiger partial charge in [-0.3, -0.25) is 9.58 Å². The van der Waals surface area contributed by atoms with Gasteiger partial charge >= 0.3 is 0 Å². The van der Waals surface area contributed by atoms with Crippen LogP contribution in [0.15, 0.2) is 6.20 Å². The number of aromatic nitrogens is 3. The molecule has 5 nitrogen and oxygen atoms in total. The van der Waals surface area contributed by atoms with Gasteiger partial charge in [0.25, 0.3) is 0 Å². The molecule has 0 spiro atoms. The second kappa shape index (κ2) is 6.22. The van der Waals surface area contributed by atoms with Gasteiger partial charge in [-0.05, 0) is 31.6 Å². The van der Waals surface area contributed by atoms with Crippen molar-refractivity contribution >= 4 is 0 Å². The van der Waals surface area contributed by atoms with Gasteiger partial charge in [0.05, 0.1) is 12.2 Å². The summed E-state index contributed by atoms with van der Waals surface area (Å²) in [7, 11) is 0. The topological polar surface area (TPSA) is 46.0 Å². The van der Waals surface area contributed by atoms with Crippen molar-refractivity contribution in [3.63, 3.8) is 0 Å². The van der Waals surface area contributed by atoms with E-state index in [1.54, 1.807) is 0 Å². The summed E-state index contributed by atoms with van der Waals surface area (Å²) in [5, 5.41) is 12.0. The summed E-state index contributed by atoms with van der Waals surface area (Å²) in [5.41, 5.74) is 1.07. The van der Waals surface area contributed by atoms with Gasteiger partial charge in [-0.15, -0.1) is 5.10 Å². The molecule has 0 aromatic carbocycles. The highest BCUT2D eigenvalue weighted by Gasteiger charge is 2.28. The first kappa shape index (κ1) is 14.0. The Hall–Kier alpha value is -0.940. The molecular formula is C15H27N5. The lowest BCUT2D eigenvalue weighted by Crippen LogP contribution is -2.33. The fourth-order valence-electron chi connectivity index (χ4n) is 2.63. The van der Waals surface area contributed by atoms with E-state index in [4.69, 9.17) is 0 Å². The van der Waals surface area contributed by atoms with E-state index in [-0.39, 0.29) is 0 Å². The normalized spacial score (nSPS) is 19.2. The van der Waals surface area contributed by atoms with Crippen LogP contribution in [0.2, 0.25) is 0 Å². The van der Waals surface area contributed by atoms with Crippen LogP contribution in [0.3, 0.4) is 0 Å². The van der Waals surface area contributed by atoms with Gasteiger partial charge in [0, 0.05) is 37.9 Å². The molecule has 1 aromatic rings. The van der Waals surface area contributed by atoms with Crippen LogP contribution in [0.25, 0.3) is 0 Å². The van der Waals surface area contributed by atoms with Crippen molar-refractivity contribution in [3.05, 3.63) is 11.9 Å². The van der Waals surface area contributed by atoms with Gasteiger partial charge in [0.2, 0.25) is 0 Å². The Morgan fingerprint density at radius 3 is 2.80 bits per heavy atom. The molecule has 2 aliphatic carbocycles. The minimum atomic E-state index is 0.733. The molecule has 5 heteroatoms. The van der Waals surface area contributed by atoms with E-state index in [0.717, 1.165) is 43.3 Å². The molecule has 0 radical (unpaired) electrons. The van der Waals surface area contributed by atoms with Crippen LogP contribution in [0.1, 0.15) is 45.2 Å². The first-order valence-electron chi connectivity index (χ1n) is 8.07. The van der Waals surface area contributed by atoms with E-state index < -0.39 is 0 Å². The van der Waals surface area contributed by atoms with Gasteiger partial charge in [0.1, 0.15) is 0 Å². The molecule has 2 aliphatic rings. The van der Waals surface area contributed by atoms with E-state index in [9.17, 15) is 0 Å². The SMILES string of the molecule is CC(C)CN(CCn1cc(CNC2CC2)nn1)C1CC1. The average Bonchev–Trinajstić information content (AvgIpc) is 3.31. The summed E-state index contributed by atoms with van der Waals surface area (Å²) in [4.78, 5) is 2.62. The first-order chi connectivity index (χ1) is 9.70. The van der Waals surface area contributed by atoms with Crippen molar-refractivity contribution in [3.8, 4) is 0 Å². The van der Waals surface area contributed by atoms with Crippen LogP contribution < -0.4 is 5.32 Å². The zero-order chi connectivity index (χ0) is 13.9. The summed E-state index contributed by atoms with van der Waals surface area (Å²) < 4.78 is 2.00. The molecule has 112 valence electrons. The van der Waals surface area contributed by atoms with E-state index in [1.807, 2.05) is 4.68 Å². The van der Waals surface area contributed by atoms with E-state index in [0.29, 0.717) is 0 Å². The van der Waals surface area contributed by atoms with E-state index in [2.05, 4.69) is 40.6 Å². The number of hydrogen-bond donors (Lipinski definition) is 1. The van der Waals surface area contributed by atoms with E-state index in [1.165, 1.54) is 32.2 Å². The number of hydrogen-bond acceptors (Lipinski definition) is 4. The van der Waals surface area contributed by atoms with Crippen LogP contribution in [0, 0.1) is 5.92 Å². The lowest BCUT2D eigenvalue weighted by atomic mass is 10.2. The molecule has 2 fully saturated rings. The van der Waals surface area contributed by atoms with E-state index >= 15 is 0 Å². The highest BCUT2D eigenvalue weighted by atomic mass is 15.4. The van der Waals surface area contributed by atoms with Crippen molar-refractivity contribution in [2.45, 2.75) is 64.7 Å². The zero-order valence-electron chi connectivity index (χ0n) is 12.8. The third kappa shape index (κ3) is 4.28. The maximum atomic E-state index is 4.25. The number of nitrogens with one attached hydrogen (secondary N) is 1. The molecule has 2 saturated carbocycles. The quantitative estimate of drug-likeness (QED) is 0.745. The molecule has 0 unspecified atom stereocenters. The lowest BCUT2D eigenvalue weighted by Gasteiger charge is -2.23. The highest BCUT2D eigenvalue weighted by molar-refractivity contribution is 4.94. The molecule has 0 atom stereocenters. The molecule has 0 amide bonds. The Balaban J connectivity index is 1.44. The van der Waals surface area contributed by atoms with Crippen molar-refractivity contribution in [2.75, 3.05) is 13.1 Å².